The second-order valence-electron chi connectivity index (χ2n) is 6.95. The molecule has 3 aromatic rings. The number of carbonyl (C=O) groups excluding carboxylic acids is 1. The number of halogens is 1. The summed E-state index contributed by atoms with van der Waals surface area (Å²) in [6.07, 6.45) is 2.17. The Morgan fingerprint density at radius 2 is 1.77 bits per heavy atom. The molecule has 1 aliphatic rings. The van der Waals surface area contributed by atoms with Crippen LogP contribution in [0.4, 0.5) is 0 Å². The Kier molecular flexibility index (Phi) is 6.59. The monoisotopic (exact) mass is 442 g/mol. The van der Waals surface area contributed by atoms with Gasteiger partial charge in [0.2, 0.25) is 5.91 Å². The zero-order chi connectivity index (χ0) is 20.9. The van der Waals surface area contributed by atoms with E-state index in [1.165, 1.54) is 11.8 Å². The van der Waals surface area contributed by atoms with Crippen molar-refractivity contribution in [2.75, 3.05) is 25.4 Å². The van der Waals surface area contributed by atoms with E-state index in [2.05, 4.69) is 10.2 Å². The predicted octanol–water partition coefficient (Wildman–Crippen LogP) is 4.70. The van der Waals surface area contributed by atoms with E-state index in [1.807, 2.05) is 64.9 Å². The van der Waals surface area contributed by atoms with Crippen molar-refractivity contribution in [3.63, 3.8) is 0 Å². The molecule has 0 spiro atoms. The summed E-state index contributed by atoms with van der Waals surface area (Å²) in [5.41, 5.74) is 1.81. The van der Waals surface area contributed by atoms with Crippen LogP contribution in [0.25, 0.3) is 17.1 Å². The zero-order valence-corrected chi connectivity index (χ0v) is 18.3. The van der Waals surface area contributed by atoms with E-state index >= 15 is 0 Å². The number of benzene rings is 2. The second kappa shape index (κ2) is 9.53. The molecule has 0 bridgehead atoms. The van der Waals surface area contributed by atoms with Crippen LogP contribution in [0.1, 0.15) is 19.8 Å². The molecule has 0 aliphatic carbocycles. The number of thioether (sulfide) groups is 1. The first kappa shape index (κ1) is 20.8. The highest BCUT2D eigenvalue weighted by molar-refractivity contribution is 7.99. The third-order valence-corrected chi connectivity index (χ3v) is 6.09. The van der Waals surface area contributed by atoms with Crippen LogP contribution in [0.15, 0.2) is 53.7 Å². The lowest BCUT2D eigenvalue weighted by atomic mass is 10.2. The van der Waals surface area contributed by atoms with Crippen molar-refractivity contribution in [2.45, 2.75) is 24.9 Å². The molecule has 1 fully saturated rings. The van der Waals surface area contributed by atoms with Gasteiger partial charge in [0.25, 0.3) is 0 Å². The van der Waals surface area contributed by atoms with Gasteiger partial charge in [-0.15, -0.1) is 10.2 Å². The largest absolute Gasteiger partial charge is 0.494 e. The summed E-state index contributed by atoms with van der Waals surface area (Å²) in [5, 5.41) is 10.2. The molecule has 2 aromatic carbocycles. The summed E-state index contributed by atoms with van der Waals surface area (Å²) < 4.78 is 7.53. The van der Waals surface area contributed by atoms with Crippen molar-refractivity contribution in [3.05, 3.63) is 53.6 Å². The van der Waals surface area contributed by atoms with E-state index in [-0.39, 0.29) is 5.91 Å². The molecular weight excluding hydrogens is 420 g/mol. The van der Waals surface area contributed by atoms with Crippen LogP contribution < -0.4 is 4.74 Å². The summed E-state index contributed by atoms with van der Waals surface area (Å²) >= 11 is 7.46. The van der Waals surface area contributed by atoms with Crippen molar-refractivity contribution < 1.29 is 9.53 Å². The Balaban J connectivity index is 1.65. The molecule has 4 rings (SSSR count). The van der Waals surface area contributed by atoms with Crippen LogP contribution in [0.3, 0.4) is 0 Å². The summed E-state index contributed by atoms with van der Waals surface area (Å²) in [5.74, 6) is 2.00. The molecule has 6 nitrogen and oxygen atoms in total. The average molecular weight is 443 g/mol. The molecule has 156 valence electrons. The Labute approximate surface area is 185 Å². The lowest BCUT2D eigenvalue weighted by molar-refractivity contribution is -0.127. The topological polar surface area (TPSA) is 60.2 Å². The highest BCUT2D eigenvalue weighted by Gasteiger charge is 2.21. The number of aromatic nitrogens is 3. The maximum absolute atomic E-state index is 12.5. The van der Waals surface area contributed by atoms with E-state index in [4.69, 9.17) is 16.3 Å². The van der Waals surface area contributed by atoms with Gasteiger partial charge in [-0.1, -0.05) is 23.4 Å². The molecule has 1 amide bonds. The highest BCUT2D eigenvalue weighted by atomic mass is 35.5. The van der Waals surface area contributed by atoms with Gasteiger partial charge >= 0.3 is 0 Å². The first-order chi connectivity index (χ1) is 14.7. The van der Waals surface area contributed by atoms with Crippen LogP contribution in [0.5, 0.6) is 5.75 Å². The van der Waals surface area contributed by atoms with Crippen LogP contribution >= 0.6 is 23.4 Å². The molecule has 0 saturated carbocycles. The number of likely N-dealkylation sites (tertiary alicyclic amines) is 1. The first-order valence-corrected chi connectivity index (χ1v) is 11.4. The number of amides is 1. The summed E-state index contributed by atoms with van der Waals surface area (Å²) in [6, 6.07) is 15.3. The number of hydrogen-bond donors (Lipinski definition) is 0. The Morgan fingerprint density at radius 3 is 2.43 bits per heavy atom. The van der Waals surface area contributed by atoms with Crippen LogP contribution in [-0.2, 0) is 4.79 Å². The Bertz CT molecular complexity index is 999. The minimum absolute atomic E-state index is 0.145. The number of ether oxygens (including phenoxy) is 1. The van der Waals surface area contributed by atoms with Crippen LogP contribution in [0, 0.1) is 0 Å². The molecule has 0 N–H and O–H groups in total. The number of rotatable bonds is 7. The number of carbonyl (C=O) groups is 1. The van der Waals surface area contributed by atoms with Gasteiger partial charge in [-0.25, -0.2) is 0 Å². The van der Waals surface area contributed by atoms with Crippen molar-refractivity contribution in [1.29, 1.82) is 0 Å². The zero-order valence-electron chi connectivity index (χ0n) is 16.8. The van der Waals surface area contributed by atoms with Gasteiger partial charge in [0.05, 0.1) is 12.4 Å². The van der Waals surface area contributed by atoms with Gasteiger partial charge in [-0.05, 0) is 68.3 Å². The molecule has 30 heavy (non-hydrogen) atoms. The third-order valence-electron chi connectivity index (χ3n) is 4.93. The summed E-state index contributed by atoms with van der Waals surface area (Å²) in [7, 11) is 0. The molecule has 1 saturated heterocycles. The summed E-state index contributed by atoms with van der Waals surface area (Å²) in [6.45, 7) is 4.27. The van der Waals surface area contributed by atoms with E-state index in [1.54, 1.807) is 0 Å². The SMILES string of the molecule is CCOc1ccc(-n2c(SCC(=O)N3CCCC3)nnc2-c2ccc(Cl)cc2)cc1. The van der Waals surface area contributed by atoms with E-state index in [0.29, 0.717) is 28.4 Å². The lowest BCUT2D eigenvalue weighted by Gasteiger charge is -2.15. The average Bonchev–Trinajstić information content (AvgIpc) is 3.44. The van der Waals surface area contributed by atoms with Crippen molar-refractivity contribution in [3.8, 4) is 22.8 Å². The quantitative estimate of drug-likeness (QED) is 0.496. The molecule has 8 heteroatoms. The van der Waals surface area contributed by atoms with Gasteiger partial charge in [0, 0.05) is 29.4 Å². The Hall–Kier alpha value is -2.51. The van der Waals surface area contributed by atoms with Gasteiger partial charge < -0.3 is 9.64 Å². The smallest absolute Gasteiger partial charge is 0.233 e. The molecular formula is C22H23ClN4O2S. The minimum atomic E-state index is 0.145. The standard InChI is InChI=1S/C22H23ClN4O2S/c1-2-29-19-11-9-18(10-12-19)27-21(16-5-7-17(23)8-6-16)24-25-22(27)30-15-20(28)26-13-3-4-14-26/h5-12H,2-4,13-15H2,1H3. The van der Waals surface area contributed by atoms with Crippen LogP contribution in [-0.4, -0.2) is 51.0 Å². The summed E-state index contributed by atoms with van der Waals surface area (Å²) in [4.78, 5) is 14.4. The fraction of sp³-hybridized carbons (Fsp3) is 0.318. The van der Waals surface area contributed by atoms with E-state index < -0.39 is 0 Å². The second-order valence-corrected chi connectivity index (χ2v) is 8.33. The number of nitrogens with zero attached hydrogens (tertiary/aromatic N) is 4. The first-order valence-electron chi connectivity index (χ1n) is 10.0. The molecule has 1 aliphatic heterocycles. The van der Waals surface area contributed by atoms with Gasteiger partial charge in [-0.2, -0.15) is 0 Å². The molecule has 0 radical (unpaired) electrons. The van der Waals surface area contributed by atoms with Crippen molar-refractivity contribution in [2.24, 2.45) is 0 Å². The van der Waals surface area contributed by atoms with Crippen LogP contribution in [0.2, 0.25) is 5.02 Å². The van der Waals surface area contributed by atoms with E-state index in [9.17, 15) is 4.79 Å². The predicted molar refractivity (Wildman–Crippen MR) is 120 cm³/mol. The maximum atomic E-state index is 12.5. The normalized spacial score (nSPS) is 13.6. The molecule has 1 aromatic heterocycles. The van der Waals surface area contributed by atoms with Gasteiger partial charge in [0.1, 0.15) is 5.75 Å². The maximum Gasteiger partial charge on any atom is 0.233 e. The highest BCUT2D eigenvalue weighted by Crippen LogP contribution is 2.30. The van der Waals surface area contributed by atoms with Gasteiger partial charge in [0.15, 0.2) is 11.0 Å². The number of hydrogen-bond acceptors (Lipinski definition) is 5. The molecule has 0 atom stereocenters. The molecule has 2 heterocycles. The Morgan fingerprint density at radius 1 is 1.07 bits per heavy atom. The molecule has 0 unspecified atom stereocenters. The van der Waals surface area contributed by atoms with Crippen molar-refractivity contribution >= 4 is 29.3 Å². The van der Waals surface area contributed by atoms with Crippen molar-refractivity contribution in [1.82, 2.24) is 19.7 Å². The lowest BCUT2D eigenvalue weighted by Crippen LogP contribution is -2.29. The third kappa shape index (κ3) is 4.63. The minimum Gasteiger partial charge on any atom is -0.494 e. The van der Waals surface area contributed by atoms with Gasteiger partial charge in [-0.3, -0.25) is 9.36 Å². The fourth-order valence-corrected chi connectivity index (χ4v) is 4.40. The van der Waals surface area contributed by atoms with E-state index in [0.717, 1.165) is 42.9 Å². The fourth-order valence-electron chi connectivity index (χ4n) is 3.42.